The Bertz CT molecular complexity index is 1140. The Labute approximate surface area is 167 Å². The van der Waals surface area contributed by atoms with E-state index in [0.29, 0.717) is 22.8 Å². The molecule has 2 heterocycles. The van der Waals surface area contributed by atoms with E-state index in [2.05, 4.69) is 9.97 Å². The van der Waals surface area contributed by atoms with Crippen molar-refractivity contribution in [1.82, 2.24) is 9.97 Å². The Kier molecular flexibility index (Phi) is 5.07. The molecular formula is C23H18N2O4. The summed E-state index contributed by atoms with van der Waals surface area (Å²) in [5, 5.41) is 9.52. The summed E-state index contributed by atoms with van der Waals surface area (Å²) < 4.78 is 11.8. The highest BCUT2D eigenvalue weighted by Gasteiger charge is 2.21. The molecule has 0 aliphatic carbocycles. The van der Waals surface area contributed by atoms with Crippen LogP contribution in [0.25, 0.3) is 22.8 Å². The van der Waals surface area contributed by atoms with Gasteiger partial charge in [-0.2, -0.15) is 0 Å². The second kappa shape index (κ2) is 7.98. The molecule has 0 aliphatic heterocycles. The Balaban J connectivity index is 1.70. The molecule has 6 heteroatoms. The third-order valence-corrected chi connectivity index (χ3v) is 4.50. The van der Waals surface area contributed by atoms with Gasteiger partial charge in [-0.1, -0.05) is 48.5 Å². The van der Waals surface area contributed by atoms with Crippen LogP contribution in [0.4, 0.5) is 0 Å². The van der Waals surface area contributed by atoms with Crippen molar-refractivity contribution >= 4 is 5.97 Å². The Morgan fingerprint density at radius 2 is 1.69 bits per heavy atom. The summed E-state index contributed by atoms with van der Waals surface area (Å²) in [7, 11) is 0. The number of rotatable bonds is 6. The number of aromatic nitrogens is 2. The molecule has 0 saturated heterocycles. The second-order valence-electron chi connectivity index (χ2n) is 6.45. The van der Waals surface area contributed by atoms with Crippen LogP contribution in [0.2, 0.25) is 0 Å². The van der Waals surface area contributed by atoms with Gasteiger partial charge in [-0.3, -0.25) is 0 Å². The van der Waals surface area contributed by atoms with Crippen LogP contribution in [-0.2, 0) is 6.61 Å². The van der Waals surface area contributed by atoms with Gasteiger partial charge in [0.25, 0.3) is 0 Å². The highest BCUT2D eigenvalue weighted by Crippen LogP contribution is 2.34. The average Bonchev–Trinajstić information content (AvgIpc) is 3.24. The summed E-state index contributed by atoms with van der Waals surface area (Å²) in [5.74, 6) is 0.0474. The zero-order valence-electron chi connectivity index (χ0n) is 15.7. The van der Waals surface area contributed by atoms with E-state index in [1.807, 2.05) is 60.7 Å². The molecule has 2 aromatic heterocycles. The van der Waals surface area contributed by atoms with Crippen molar-refractivity contribution in [3.63, 3.8) is 0 Å². The van der Waals surface area contributed by atoms with Crippen molar-refractivity contribution in [2.75, 3.05) is 0 Å². The van der Waals surface area contributed by atoms with E-state index in [1.165, 1.54) is 6.20 Å². The molecule has 0 radical (unpaired) electrons. The molecule has 0 spiro atoms. The van der Waals surface area contributed by atoms with E-state index in [-0.39, 0.29) is 18.1 Å². The Morgan fingerprint density at radius 1 is 1.00 bits per heavy atom. The maximum absolute atomic E-state index is 11.6. The molecule has 4 aromatic rings. The smallest absolute Gasteiger partial charge is 0.358 e. The lowest BCUT2D eigenvalue weighted by atomic mass is 10.1. The maximum Gasteiger partial charge on any atom is 0.358 e. The number of pyridine rings is 1. The van der Waals surface area contributed by atoms with E-state index >= 15 is 0 Å². The lowest BCUT2D eigenvalue weighted by molar-refractivity contribution is 0.0684. The molecule has 6 nitrogen and oxygen atoms in total. The largest absolute Gasteiger partial charge is 0.486 e. The monoisotopic (exact) mass is 386 g/mol. The summed E-state index contributed by atoms with van der Waals surface area (Å²) in [6.45, 7) is 2.02. The topological polar surface area (TPSA) is 85.5 Å². The van der Waals surface area contributed by atoms with Gasteiger partial charge in [0.2, 0.25) is 5.89 Å². The molecule has 0 aliphatic rings. The molecule has 0 atom stereocenters. The second-order valence-corrected chi connectivity index (χ2v) is 6.45. The maximum atomic E-state index is 11.6. The highest BCUT2D eigenvalue weighted by atomic mass is 16.5. The first-order chi connectivity index (χ1) is 14.1. The van der Waals surface area contributed by atoms with Gasteiger partial charge in [0.1, 0.15) is 6.61 Å². The van der Waals surface area contributed by atoms with Gasteiger partial charge in [-0.05, 0) is 24.6 Å². The van der Waals surface area contributed by atoms with Crippen LogP contribution >= 0.6 is 0 Å². The quantitative estimate of drug-likeness (QED) is 0.502. The van der Waals surface area contributed by atoms with E-state index in [1.54, 1.807) is 13.1 Å². The van der Waals surface area contributed by atoms with Gasteiger partial charge in [-0.25, -0.2) is 14.8 Å². The normalized spacial score (nSPS) is 10.7. The number of oxazole rings is 1. The molecule has 0 bridgehead atoms. The van der Waals surface area contributed by atoms with Crippen LogP contribution in [0.5, 0.6) is 5.75 Å². The fourth-order valence-electron chi connectivity index (χ4n) is 3.00. The number of hydrogen-bond donors (Lipinski definition) is 1. The minimum atomic E-state index is -1.15. The lowest BCUT2D eigenvalue weighted by Gasteiger charge is -2.13. The molecule has 29 heavy (non-hydrogen) atoms. The number of nitrogens with zero attached hydrogens (tertiary/aromatic N) is 2. The van der Waals surface area contributed by atoms with Crippen molar-refractivity contribution in [1.29, 1.82) is 0 Å². The lowest BCUT2D eigenvalue weighted by Crippen LogP contribution is -2.08. The summed E-state index contributed by atoms with van der Waals surface area (Å²) in [5.41, 5.74) is 2.91. The van der Waals surface area contributed by atoms with Gasteiger partial charge < -0.3 is 14.3 Å². The molecule has 2 aromatic carbocycles. The third kappa shape index (κ3) is 3.87. The first-order valence-corrected chi connectivity index (χ1v) is 9.04. The van der Waals surface area contributed by atoms with Gasteiger partial charge >= 0.3 is 5.97 Å². The summed E-state index contributed by atoms with van der Waals surface area (Å²) >= 11 is 0. The molecule has 0 saturated carbocycles. The number of aromatic carboxylic acids is 1. The van der Waals surface area contributed by atoms with Gasteiger partial charge in [0.15, 0.2) is 17.2 Å². The van der Waals surface area contributed by atoms with E-state index < -0.39 is 5.97 Å². The van der Waals surface area contributed by atoms with Crippen molar-refractivity contribution in [3.05, 3.63) is 89.9 Å². The van der Waals surface area contributed by atoms with Crippen molar-refractivity contribution in [2.24, 2.45) is 0 Å². The van der Waals surface area contributed by atoms with Crippen LogP contribution in [-0.4, -0.2) is 21.0 Å². The van der Waals surface area contributed by atoms with Crippen molar-refractivity contribution in [2.45, 2.75) is 13.5 Å². The van der Waals surface area contributed by atoms with Crippen LogP contribution < -0.4 is 4.74 Å². The SMILES string of the molecule is Cc1c(-c2cnc(-c3ccccc3)o2)cnc(C(=O)O)c1OCc1ccccc1. The minimum absolute atomic E-state index is 0.134. The predicted octanol–water partition coefficient (Wildman–Crippen LogP) is 4.99. The third-order valence-electron chi connectivity index (χ3n) is 4.50. The molecule has 0 unspecified atom stereocenters. The molecule has 0 amide bonds. The van der Waals surface area contributed by atoms with E-state index in [4.69, 9.17) is 9.15 Å². The van der Waals surface area contributed by atoms with Crippen molar-refractivity contribution in [3.8, 4) is 28.5 Å². The standard InChI is InChI=1S/C23H18N2O4/c1-15-18(19-13-25-22(29-19)17-10-6-3-7-11-17)12-24-20(23(26)27)21(15)28-14-16-8-4-2-5-9-16/h2-13H,14H2,1H3,(H,26,27). The molecular weight excluding hydrogens is 368 g/mol. The van der Waals surface area contributed by atoms with E-state index in [9.17, 15) is 9.90 Å². The Morgan fingerprint density at radius 3 is 2.38 bits per heavy atom. The number of carbonyl (C=O) groups is 1. The van der Waals surface area contributed by atoms with Crippen LogP contribution in [0.15, 0.2) is 77.5 Å². The molecule has 1 N–H and O–H groups in total. The Hall–Kier alpha value is -3.93. The number of hydrogen-bond acceptors (Lipinski definition) is 5. The predicted molar refractivity (Wildman–Crippen MR) is 108 cm³/mol. The van der Waals surface area contributed by atoms with Crippen molar-refractivity contribution < 1.29 is 19.1 Å². The minimum Gasteiger partial charge on any atom is -0.486 e. The zero-order valence-corrected chi connectivity index (χ0v) is 15.7. The van der Waals surface area contributed by atoms with Gasteiger partial charge in [0, 0.05) is 22.9 Å². The van der Waals surface area contributed by atoms with Gasteiger partial charge in [-0.15, -0.1) is 0 Å². The highest BCUT2D eigenvalue weighted by molar-refractivity contribution is 5.90. The number of ether oxygens (including phenoxy) is 1. The number of carboxylic acid groups (broad SMARTS) is 1. The van der Waals surface area contributed by atoms with Gasteiger partial charge in [0.05, 0.1) is 6.20 Å². The fraction of sp³-hybridized carbons (Fsp3) is 0.0870. The molecule has 144 valence electrons. The fourth-order valence-corrected chi connectivity index (χ4v) is 3.00. The zero-order chi connectivity index (χ0) is 20.2. The summed E-state index contributed by atoms with van der Waals surface area (Å²) in [6, 6.07) is 19.1. The number of carboxylic acids is 1. The van der Waals surface area contributed by atoms with E-state index in [0.717, 1.165) is 11.1 Å². The first kappa shape index (κ1) is 18.4. The number of benzene rings is 2. The first-order valence-electron chi connectivity index (χ1n) is 9.04. The average molecular weight is 386 g/mol. The molecule has 4 rings (SSSR count). The summed E-state index contributed by atoms with van der Waals surface area (Å²) in [4.78, 5) is 20.1. The van der Waals surface area contributed by atoms with Crippen LogP contribution in [0, 0.1) is 6.92 Å². The van der Waals surface area contributed by atoms with Crippen LogP contribution in [0.3, 0.4) is 0 Å². The molecule has 0 fully saturated rings. The summed E-state index contributed by atoms with van der Waals surface area (Å²) in [6.07, 6.45) is 3.08. The van der Waals surface area contributed by atoms with Crippen LogP contribution in [0.1, 0.15) is 21.6 Å².